The molecule has 0 aromatic heterocycles. The maximum atomic E-state index is 12.2. The fourth-order valence-corrected chi connectivity index (χ4v) is 4.06. The predicted molar refractivity (Wildman–Crippen MR) is 142 cm³/mol. The Morgan fingerprint density at radius 2 is 1.05 bits per heavy atom. The number of rotatable bonds is 12. The Labute approximate surface area is 216 Å². The van der Waals surface area contributed by atoms with E-state index in [4.69, 9.17) is 18.9 Å². The number of ether oxygens (including phenoxy) is 4. The second-order valence-electron chi connectivity index (χ2n) is 8.14. The second-order valence-corrected chi connectivity index (χ2v) is 8.14. The van der Waals surface area contributed by atoms with Crippen molar-refractivity contribution in [3.05, 3.63) is 107 Å². The molecule has 4 aromatic rings. The number of hydrogen-bond acceptors (Lipinski definition) is 6. The van der Waals surface area contributed by atoms with Crippen LogP contribution in [-0.4, -0.2) is 26.3 Å². The van der Waals surface area contributed by atoms with Crippen LogP contribution in [0, 0.1) is 0 Å². The topological polar surface area (TPSA) is 71.1 Å². The van der Waals surface area contributed by atoms with E-state index in [2.05, 4.69) is 0 Å². The molecule has 0 aliphatic carbocycles. The molecular weight excluding hydrogens is 468 g/mol. The van der Waals surface area contributed by atoms with Crippen molar-refractivity contribution in [2.75, 3.05) is 13.7 Å². The minimum absolute atomic E-state index is 0.302. The van der Waals surface area contributed by atoms with Gasteiger partial charge in [0.15, 0.2) is 35.6 Å². The van der Waals surface area contributed by atoms with Gasteiger partial charge in [0.2, 0.25) is 0 Å². The van der Waals surface area contributed by atoms with Crippen LogP contribution in [0.25, 0.3) is 11.1 Å². The summed E-state index contributed by atoms with van der Waals surface area (Å²) < 4.78 is 24.0. The lowest BCUT2D eigenvalue weighted by molar-refractivity contribution is 0.111. The fourth-order valence-electron chi connectivity index (χ4n) is 4.06. The summed E-state index contributed by atoms with van der Waals surface area (Å²) in [5.74, 6) is 1.55. The van der Waals surface area contributed by atoms with E-state index in [-0.39, 0.29) is 0 Å². The molecule has 0 aliphatic heterocycles. The summed E-state index contributed by atoms with van der Waals surface area (Å²) in [7, 11) is 1.50. The highest BCUT2D eigenvalue weighted by atomic mass is 16.5. The Kier molecular flexibility index (Phi) is 8.55. The summed E-state index contributed by atoms with van der Waals surface area (Å²) in [5.41, 5.74) is 3.43. The molecular formula is C31H28O6. The zero-order valence-corrected chi connectivity index (χ0v) is 20.8. The molecule has 37 heavy (non-hydrogen) atoms. The van der Waals surface area contributed by atoms with Gasteiger partial charge in [0.05, 0.1) is 13.7 Å². The van der Waals surface area contributed by atoms with Crippen molar-refractivity contribution in [3.63, 3.8) is 0 Å². The molecule has 0 atom stereocenters. The Balaban J connectivity index is 1.83. The molecule has 0 radical (unpaired) electrons. The van der Waals surface area contributed by atoms with Gasteiger partial charge in [0.1, 0.15) is 13.2 Å². The van der Waals surface area contributed by atoms with Crippen molar-refractivity contribution < 1.29 is 28.5 Å². The maximum absolute atomic E-state index is 12.2. The van der Waals surface area contributed by atoms with Crippen LogP contribution in [0.2, 0.25) is 0 Å². The maximum Gasteiger partial charge on any atom is 0.169 e. The zero-order valence-electron chi connectivity index (χ0n) is 20.8. The number of carbonyl (C=O) groups is 2. The van der Waals surface area contributed by atoms with Gasteiger partial charge in [-0.15, -0.1) is 0 Å². The lowest BCUT2D eigenvalue weighted by atomic mass is 9.93. The van der Waals surface area contributed by atoms with Gasteiger partial charge in [0, 0.05) is 22.3 Å². The first-order chi connectivity index (χ1) is 18.2. The SMILES string of the molecule is CCOc1c(OCc2ccccc2)ccc(C=O)c1-c1c(C=O)ccc(OCc2ccccc2)c1OC. The monoisotopic (exact) mass is 496 g/mol. The Bertz CT molecular complexity index is 1350. The van der Waals surface area contributed by atoms with Gasteiger partial charge < -0.3 is 18.9 Å². The van der Waals surface area contributed by atoms with E-state index < -0.39 is 0 Å². The third-order valence-corrected chi connectivity index (χ3v) is 5.78. The van der Waals surface area contributed by atoms with E-state index in [0.717, 1.165) is 23.7 Å². The first-order valence-corrected chi connectivity index (χ1v) is 11.9. The summed E-state index contributed by atoms with van der Waals surface area (Å²) >= 11 is 0. The average molecular weight is 497 g/mol. The third kappa shape index (κ3) is 5.81. The molecule has 0 saturated carbocycles. The number of methoxy groups -OCH3 is 1. The Morgan fingerprint density at radius 3 is 1.49 bits per heavy atom. The normalized spacial score (nSPS) is 10.4. The Hall–Kier alpha value is -4.58. The molecule has 188 valence electrons. The van der Waals surface area contributed by atoms with Crippen LogP contribution in [0.4, 0.5) is 0 Å². The average Bonchev–Trinajstić information content (AvgIpc) is 2.95. The van der Waals surface area contributed by atoms with Crippen molar-refractivity contribution in [1.82, 2.24) is 0 Å². The number of hydrogen-bond donors (Lipinski definition) is 0. The van der Waals surface area contributed by atoms with Crippen LogP contribution in [0.15, 0.2) is 84.9 Å². The van der Waals surface area contributed by atoms with Crippen molar-refractivity contribution >= 4 is 12.6 Å². The van der Waals surface area contributed by atoms with Crippen molar-refractivity contribution in [2.24, 2.45) is 0 Å². The molecule has 6 heteroatoms. The largest absolute Gasteiger partial charge is 0.492 e. The first-order valence-electron chi connectivity index (χ1n) is 11.9. The van der Waals surface area contributed by atoms with Crippen LogP contribution < -0.4 is 18.9 Å². The zero-order chi connectivity index (χ0) is 26.0. The minimum Gasteiger partial charge on any atom is -0.492 e. The van der Waals surface area contributed by atoms with Gasteiger partial charge in [0.25, 0.3) is 0 Å². The van der Waals surface area contributed by atoms with Crippen molar-refractivity contribution in [1.29, 1.82) is 0 Å². The van der Waals surface area contributed by atoms with E-state index in [1.165, 1.54) is 7.11 Å². The predicted octanol–water partition coefficient (Wildman–Crippen LogP) is 6.54. The van der Waals surface area contributed by atoms with Crippen LogP contribution in [0.1, 0.15) is 38.8 Å². The summed E-state index contributed by atoms with van der Waals surface area (Å²) in [4.78, 5) is 24.4. The number of carbonyl (C=O) groups excluding carboxylic acids is 2. The van der Waals surface area contributed by atoms with Crippen LogP contribution in [0.5, 0.6) is 23.0 Å². The highest BCUT2D eigenvalue weighted by molar-refractivity contribution is 6.00. The fraction of sp³-hybridized carbons (Fsp3) is 0.161. The molecule has 4 aromatic carbocycles. The summed E-state index contributed by atoms with van der Waals surface area (Å²) in [6, 6.07) is 26.1. The van der Waals surface area contributed by atoms with Crippen LogP contribution in [0.3, 0.4) is 0 Å². The smallest absolute Gasteiger partial charge is 0.169 e. The second kappa shape index (κ2) is 12.4. The number of aldehydes is 2. The number of benzene rings is 4. The van der Waals surface area contributed by atoms with E-state index in [1.54, 1.807) is 24.3 Å². The van der Waals surface area contributed by atoms with Crippen molar-refractivity contribution in [2.45, 2.75) is 20.1 Å². The summed E-state index contributed by atoms with van der Waals surface area (Å²) in [6.07, 6.45) is 1.45. The standard InChI is InChI=1S/C31H28O6/c1-3-35-31-27(37-21-23-12-8-5-9-13-23)17-15-25(19-33)29(31)28-24(18-32)14-16-26(30(28)34-2)36-20-22-10-6-4-7-11-22/h4-19H,3,20-21H2,1-2H3. The van der Waals surface area contributed by atoms with E-state index in [1.807, 2.05) is 67.6 Å². The van der Waals surface area contributed by atoms with Gasteiger partial charge in [-0.05, 0) is 42.3 Å². The molecule has 0 heterocycles. The molecule has 0 aliphatic rings. The molecule has 0 unspecified atom stereocenters. The molecule has 0 N–H and O–H groups in total. The van der Waals surface area contributed by atoms with Crippen LogP contribution in [-0.2, 0) is 13.2 Å². The molecule has 6 nitrogen and oxygen atoms in total. The summed E-state index contributed by atoms with van der Waals surface area (Å²) in [6.45, 7) is 2.77. The molecule has 0 spiro atoms. The molecule has 4 rings (SSSR count). The minimum atomic E-state index is 0.302. The molecule has 0 saturated heterocycles. The van der Waals surface area contributed by atoms with Gasteiger partial charge in [-0.3, -0.25) is 9.59 Å². The van der Waals surface area contributed by atoms with Gasteiger partial charge >= 0.3 is 0 Å². The lowest BCUT2D eigenvalue weighted by Crippen LogP contribution is -2.06. The van der Waals surface area contributed by atoms with Gasteiger partial charge in [-0.2, -0.15) is 0 Å². The van der Waals surface area contributed by atoms with E-state index in [0.29, 0.717) is 65.1 Å². The third-order valence-electron chi connectivity index (χ3n) is 5.78. The van der Waals surface area contributed by atoms with Gasteiger partial charge in [-0.25, -0.2) is 0 Å². The highest BCUT2D eigenvalue weighted by Gasteiger charge is 2.25. The Morgan fingerprint density at radius 1 is 0.595 bits per heavy atom. The molecule has 0 fully saturated rings. The van der Waals surface area contributed by atoms with E-state index >= 15 is 0 Å². The first kappa shape index (κ1) is 25.5. The van der Waals surface area contributed by atoms with Crippen LogP contribution >= 0.6 is 0 Å². The summed E-state index contributed by atoms with van der Waals surface area (Å²) in [5, 5.41) is 0. The lowest BCUT2D eigenvalue weighted by Gasteiger charge is -2.21. The molecule has 0 amide bonds. The van der Waals surface area contributed by atoms with Crippen molar-refractivity contribution in [3.8, 4) is 34.1 Å². The van der Waals surface area contributed by atoms with E-state index in [9.17, 15) is 9.59 Å². The molecule has 0 bridgehead atoms. The highest BCUT2D eigenvalue weighted by Crippen LogP contribution is 2.48. The van der Waals surface area contributed by atoms with Gasteiger partial charge in [-0.1, -0.05) is 60.7 Å². The quantitative estimate of drug-likeness (QED) is 0.207.